The molecule has 0 aromatic rings. The van der Waals surface area contributed by atoms with E-state index in [0.29, 0.717) is 0 Å². The largest absolute Gasteiger partial charge is 0.353 e. The zero-order valence-corrected chi connectivity index (χ0v) is 7.26. The number of nitrogens with zero attached hydrogens (tertiary/aromatic N) is 2. The lowest BCUT2D eigenvalue weighted by molar-refractivity contribution is 0.564. The summed E-state index contributed by atoms with van der Waals surface area (Å²) in [6.07, 6.45) is 2.06. The maximum absolute atomic E-state index is 4.24. The highest BCUT2D eigenvalue weighted by Gasteiger charge is 2.08. The van der Waals surface area contributed by atoms with Crippen LogP contribution in [-0.2, 0) is 0 Å². The van der Waals surface area contributed by atoms with Crippen molar-refractivity contribution in [3.63, 3.8) is 0 Å². The number of amidine groups is 1. The fraction of sp³-hybridized carbons (Fsp3) is 0.800. The van der Waals surface area contributed by atoms with Crippen LogP contribution in [-0.4, -0.2) is 36.5 Å². The molecule has 4 heteroatoms. The number of likely N-dealkylation sites (N-methyl/N-ethyl adjacent to an activating group) is 1. The van der Waals surface area contributed by atoms with Gasteiger partial charge in [0.1, 0.15) is 0 Å². The first-order chi connectivity index (χ1) is 3.84. The number of halogens is 1. The van der Waals surface area contributed by atoms with Crippen LogP contribution in [0.2, 0.25) is 0 Å². The molecule has 0 aromatic heterocycles. The lowest BCUT2D eigenvalue weighted by Crippen LogP contribution is -2.19. The standard InChI is InChI=1S/C5H10N2S.ClH/c1-7-4-3-6-5(7)8-2;/h3-4H2,1-2H3;1H. The molecule has 0 saturated heterocycles. The van der Waals surface area contributed by atoms with E-state index in [4.69, 9.17) is 0 Å². The fourth-order valence-corrected chi connectivity index (χ4v) is 1.36. The summed E-state index contributed by atoms with van der Waals surface area (Å²) in [5.41, 5.74) is 0. The highest BCUT2D eigenvalue weighted by molar-refractivity contribution is 8.13. The zero-order chi connectivity index (χ0) is 5.98. The van der Waals surface area contributed by atoms with E-state index in [2.05, 4.69) is 23.2 Å². The van der Waals surface area contributed by atoms with Crippen LogP contribution in [0.3, 0.4) is 0 Å². The van der Waals surface area contributed by atoms with Crippen molar-refractivity contribution in [2.75, 3.05) is 26.4 Å². The van der Waals surface area contributed by atoms with Gasteiger partial charge in [0, 0.05) is 13.6 Å². The number of rotatable bonds is 0. The van der Waals surface area contributed by atoms with Gasteiger partial charge in [0.25, 0.3) is 0 Å². The van der Waals surface area contributed by atoms with E-state index >= 15 is 0 Å². The first-order valence-electron chi connectivity index (χ1n) is 2.64. The highest BCUT2D eigenvalue weighted by atomic mass is 35.5. The van der Waals surface area contributed by atoms with Crippen LogP contribution in [0.25, 0.3) is 0 Å². The Kier molecular flexibility index (Phi) is 4.06. The van der Waals surface area contributed by atoms with Crippen molar-refractivity contribution < 1.29 is 0 Å². The molecule has 0 spiro atoms. The van der Waals surface area contributed by atoms with Crippen LogP contribution in [0.1, 0.15) is 0 Å². The maximum Gasteiger partial charge on any atom is 0.158 e. The van der Waals surface area contributed by atoms with Crippen LogP contribution in [0.15, 0.2) is 4.99 Å². The molecule has 0 amide bonds. The minimum Gasteiger partial charge on any atom is -0.353 e. The minimum atomic E-state index is 0. The molecule has 0 aliphatic carbocycles. The molecule has 0 saturated carbocycles. The molecule has 54 valence electrons. The Bertz CT molecular complexity index is 116. The Balaban J connectivity index is 0.000000640. The lowest BCUT2D eigenvalue weighted by Gasteiger charge is -2.09. The average molecular weight is 167 g/mol. The third-order valence-electron chi connectivity index (χ3n) is 1.19. The smallest absolute Gasteiger partial charge is 0.158 e. The molecule has 1 heterocycles. The van der Waals surface area contributed by atoms with Crippen molar-refractivity contribution in [2.24, 2.45) is 4.99 Å². The number of hydrogen-bond acceptors (Lipinski definition) is 3. The molecule has 0 bridgehead atoms. The molecule has 0 fully saturated rings. The molecule has 9 heavy (non-hydrogen) atoms. The van der Waals surface area contributed by atoms with Crippen LogP contribution in [0.5, 0.6) is 0 Å². The maximum atomic E-state index is 4.24. The first-order valence-corrected chi connectivity index (χ1v) is 3.86. The summed E-state index contributed by atoms with van der Waals surface area (Å²) in [6, 6.07) is 0. The van der Waals surface area contributed by atoms with Crippen molar-refractivity contribution in [1.82, 2.24) is 4.90 Å². The Morgan fingerprint density at radius 2 is 2.33 bits per heavy atom. The molecule has 0 atom stereocenters. The summed E-state index contributed by atoms with van der Waals surface area (Å²) in [4.78, 5) is 6.41. The van der Waals surface area contributed by atoms with Gasteiger partial charge < -0.3 is 4.90 Å². The second-order valence-corrected chi connectivity index (χ2v) is 2.56. The Morgan fingerprint density at radius 1 is 1.67 bits per heavy atom. The number of aliphatic imine (C=N–C) groups is 1. The zero-order valence-electron chi connectivity index (χ0n) is 5.63. The molecule has 0 unspecified atom stereocenters. The second kappa shape index (κ2) is 4.01. The van der Waals surface area contributed by atoms with E-state index < -0.39 is 0 Å². The summed E-state index contributed by atoms with van der Waals surface area (Å²) in [7, 11) is 2.07. The van der Waals surface area contributed by atoms with Gasteiger partial charge in [0.05, 0.1) is 6.54 Å². The van der Waals surface area contributed by atoms with Crippen molar-refractivity contribution in [1.29, 1.82) is 0 Å². The summed E-state index contributed by atoms with van der Waals surface area (Å²) in [6.45, 7) is 2.07. The lowest BCUT2D eigenvalue weighted by atomic mass is 10.6. The predicted octanol–water partition coefficient (Wildman–Crippen LogP) is 1.07. The van der Waals surface area contributed by atoms with Gasteiger partial charge in [-0.05, 0) is 6.26 Å². The van der Waals surface area contributed by atoms with E-state index in [9.17, 15) is 0 Å². The summed E-state index contributed by atoms with van der Waals surface area (Å²) in [5.74, 6) is 0. The number of thioether (sulfide) groups is 1. The Morgan fingerprint density at radius 3 is 2.56 bits per heavy atom. The van der Waals surface area contributed by atoms with Gasteiger partial charge >= 0.3 is 0 Å². The average Bonchev–Trinajstić information content (AvgIpc) is 2.14. The topological polar surface area (TPSA) is 15.6 Å². The van der Waals surface area contributed by atoms with E-state index in [1.54, 1.807) is 11.8 Å². The van der Waals surface area contributed by atoms with E-state index in [-0.39, 0.29) is 12.4 Å². The summed E-state index contributed by atoms with van der Waals surface area (Å²) in [5, 5.41) is 1.17. The SMILES string of the molecule is CSC1=NCCN1C.Cl. The first kappa shape index (κ1) is 9.11. The second-order valence-electron chi connectivity index (χ2n) is 1.79. The molecule has 0 aromatic carbocycles. The van der Waals surface area contributed by atoms with Crippen molar-refractivity contribution in [3.8, 4) is 0 Å². The highest BCUT2D eigenvalue weighted by Crippen LogP contribution is 2.07. The normalized spacial score (nSPS) is 17.1. The van der Waals surface area contributed by atoms with Crippen molar-refractivity contribution in [2.45, 2.75) is 0 Å². The van der Waals surface area contributed by atoms with Gasteiger partial charge in [-0.1, -0.05) is 11.8 Å². The van der Waals surface area contributed by atoms with Gasteiger partial charge in [0.15, 0.2) is 5.17 Å². The van der Waals surface area contributed by atoms with Crippen molar-refractivity contribution in [3.05, 3.63) is 0 Å². The Hall–Kier alpha value is 0.110. The van der Waals surface area contributed by atoms with Crippen molar-refractivity contribution >= 4 is 29.3 Å². The molecule has 0 radical (unpaired) electrons. The molecule has 0 N–H and O–H groups in total. The Labute approximate surface area is 66.1 Å². The molecule has 1 rings (SSSR count). The molecule has 1 aliphatic heterocycles. The molecular weight excluding hydrogens is 156 g/mol. The molecular formula is C5H11ClN2S. The third kappa shape index (κ3) is 2.06. The number of hydrogen-bond donors (Lipinski definition) is 0. The van der Waals surface area contributed by atoms with Gasteiger partial charge in [-0.2, -0.15) is 0 Å². The molecule has 1 aliphatic rings. The van der Waals surface area contributed by atoms with E-state index in [1.807, 2.05) is 0 Å². The van der Waals surface area contributed by atoms with Gasteiger partial charge in [0.2, 0.25) is 0 Å². The van der Waals surface area contributed by atoms with Crippen LogP contribution in [0.4, 0.5) is 0 Å². The quantitative estimate of drug-likeness (QED) is 0.535. The minimum absolute atomic E-state index is 0. The monoisotopic (exact) mass is 166 g/mol. The van der Waals surface area contributed by atoms with E-state index in [0.717, 1.165) is 13.1 Å². The summed E-state index contributed by atoms with van der Waals surface area (Å²) < 4.78 is 0. The van der Waals surface area contributed by atoms with Gasteiger partial charge in [-0.3, -0.25) is 4.99 Å². The van der Waals surface area contributed by atoms with Gasteiger partial charge in [-0.25, -0.2) is 0 Å². The predicted molar refractivity (Wildman–Crippen MR) is 45.7 cm³/mol. The van der Waals surface area contributed by atoms with Crippen LogP contribution < -0.4 is 0 Å². The van der Waals surface area contributed by atoms with Crippen LogP contribution in [0, 0.1) is 0 Å². The van der Waals surface area contributed by atoms with E-state index in [1.165, 1.54) is 5.17 Å². The van der Waals surface area contributed by atoms with Gasteiger partial charge in [-0.15, -0.1) is 12.4 Å². The van der Waals surface area contributed by atoms with Crippen LogP contribution >= 0.6 is 24.2 Å². The summed E-state index contributed by atoms with van der Waals surface area (Å²) >= 11 is 1.72. The molecule has 2 nitrogen and oxygen atoms in total. The fourth-order valence-electron chi connectivity index (χ4n) is 0.732. The third-order valence-corrected chi connectivity index (χ3v) is 2.00.